The molecule has 1 aromatic rings. The minimum Gasteiger partial charge on any atom is -0.353 e. The third kappa shape index (κ3) is 2.22. The summed E-state index contributed by atoms with van der Waals surface area (Å²) >= 11 is 0. The van der Waals surface area contributed by atoms with Gasteiger partial charge in [-0.05, 0) is 67.9 Å². The summed E-state index contributed by atoms with van der Waals surface area (Å²) in [6, 6.07) is 7.96. The molecular weight excluding hydrogens is 402 g/mol. The summed E-state index contributed by atoms with van der Waals surface area (Å²) in [5.41, 5.74) is 2.04. The van der Waals surface area contributed by atoms with Crippen LogP contribution in [0.25, 0.3) is 6.08 Å². The first kappa shape index (κ1) is 18.4. The number of hydrogen-bond donors (Lipinski definition) is 0. The van der Waals surface area contributed by atoms with Gasteiger partial charge in [-0.1, -0.05) is 30.4 Å². The van der Waals surface area contributed by atoms with Crippen molar-refractivity contribution in [3.8, 4) is 0 Å². The van der Waals surface area contributed by atoms with Crippen molar-refractivity contribution < 1.29 is 19.1 Å². The van der Waals surface area contributed by atoms with Crippen LogP contribution in [0.5, 0.6) is 0 Å². The van der Waals surface area contributed by atoms with E-state index in [-0.39, 0.29) is 41.2 Å². The predicted octanol–water partition coefficient (Wildman–Crippen LogP) is 3.61. The van der Waals surface area contributed by atoms with Gasteiger partial charge in [-0.25, -0.2) is 0 Å². The van der Waals surface area contributed by atoms with Gasteiger partial charge < -0.3 is 14.4 Å². The van der Waals surface area contributed by atoms with E-state index in [0.717, 1.165) is 48.3 Å². The summed E-state index contributed by atoms with van der Waals surface area (Å²) in [6.45, 7) is 0.425. The van der Waals surface area contributed by atoms with E-state index in [4.69, 9.17) is 9.47 Å². The van der Waals surface area contributed by atoms with Crippen LogP contribution in [0.15, 0.2) is 30.3 Å². The zero-order valence-electron chi connectivity index (χ0n) is 18.2. The van der Waals surface area contributed by atoms with Gasteiger partial charge in [0, 0.05) is 17.0 Å². The number of anilines is 1. The molecule has 6 atom stereocenters. The summed E-state index contributed by atoms with van der Waals surface area (Å²) in [4.78, 5) is 30.5. The van der Waals surface area contributed by atoms with Gasteiger partial charge in [0.05, 0.1) is 30.7 Å². The lowest BCUT2D eigenvalue weighted by atomic mass is 9.47. The van der Waals surface area contributed by atoms with Crippen LogP contribution < -0.4 is 4.90 Å². The first-order chi connectivity index (χ1) is 15.6. The van der Waals surface area contributed by atoms with Crippen LogP contribution in [0.1, 0.15) is 44.1 Å². The maximum absolute atomic E-state index is 14.7. The molecule has 0 spiro atoms. The van der Waals surface area contributed by atoms with Crippen molar-refractivity contribution in [1.29, 1.82) is 0 Å². The summed E-state index contributed by atoms with van der Waals surface area (Å²) in [5, 5.41) is 0. The highest BCUT2D eigenvalue weighted by atomic mass is 16.7. The van der Waals surface area contributed by atoms with Crippen molar-refractivity contribution in [3.63, 3.8) is 0 Å². The first-order valence-electron chi connectivity index (χ1n) is 12.5. The van der Waals surface area contributed by atoms with Crippen molar-refractivity contribution >= 4 is 23.3 Å². The number of benzene rings is 1. The van der Waals surface area contributed by atoms with Crippen molar-refractivity contribution in [2.45, 2.75) is 63.0 Å². The SMILES string of the molecule is O=C1[C@@H]2OC[C@H](O2)[C@@H]2[C@H]1[C@H]1C=Cc3ccccc3N1[C@H]2C(=O)C12CC3CC(CC(C3)C1)C2. The number of nitrogens with zero attached hydrogens (tertiary/aromatic N) is 1. The topological polar surface area (TPSA) is 55.8 Å². The monoisotopic (exact) mass is 431 g/mol. The molecule has 3 saturated heterocycles. The molecule has 4 aliphatic heterocycles. The Hall–Kier alpha value is -1.98. The minimum absolute atomic E-state index is 0.0311. The Morgan fingerprint density at radius 1 is 1.03 bits per heavy atom. The zero-order chi connectivity index (χ0) is 21.2. The highest BCUT2D eigenvalue weighted by Gasteiger charge is 2.66. The van der Waals surface area contributed by atoms with Crippen molar-refractivity contribution in [2.24, 2.45) is 35.0 Å². The van der Waals surface area contributed by atoms with E-state index in [1.807, 2.05) is 6.07 Å². The second kappa shape index (κ2) is 6.12. The van der Waals surface area contributed by atoms with Crippen molar-refractivity contribution in [3.05, 3.63) is 35.9 Å². The van der Waals surface area contributed by atoms with Crippen LogP contribution in [0.4, 0.5) is 5.69 Å². The van der Waals surface area contributed by atoms with E-state index >= 15 is 0 Å². The molecule has 4 heterocycles. The quantitative estimate of drug-likeness (QED) is 0.716. The Balaban J connectivity index is 1.28. The molecule has 9 rings (SSSR count). The molecule has 0 unspecified atom stereocenters. The summed E-state index contributed by atoms with van der Waals surface area (Å²) in [6.07, 6.45) is 10.5. The highest BCUT2D eigenvalue weighted by molar-refractivity contribution is 5.99. The van der Waals surface area contributed by atoms with Crippen molar-refractivity contribution in [2.75, 3.05) is 11.5 Å². The predicted molar refractivity (Wildman–Crippen MR) is 118 cm³/mol. The third-order valence-electron chi connectivity index (χ3n) is 9.99. The van der Waals surface area contributed by atoms with Gasteiger partial charge in [-0.15, -0.1) is 0 Å². The fourth-order valence-corrected chi connectivity index (χ4v) is 9.30. The minimum atomic E-state index is -0.748. The maximum Gasteiger partial charge on any atom is 0.218 e. The molecule has 0 amide bonds. The van der Waals surface area contributed by atoms with E-state index in [1.54, 1.807) is 0 Å². The third-order valence-corrected chi connectivity index (χ3v) is 9.99. The van der Waals surface area contributed by atoms with Crippen LogP contribution in [-0.4, -0.2) is 42.7 Å². The largest absolute Gasteiger partial charge is 0.353 e. The Bertz CT molecular complexity index is 1030. The Kier molecular flexibility index (Phi) is 3.53. The smallest absolute Gasteiger partial charge is 0.218 e. The maximum atomic E-state index is 14.7. The zero-order valence-corrected chi connectivity index (χ0v) is 18.2. The molecule has 0 N–H and O–H groups in total. The number of Topliss-reactive ketones (excluding diaryl/α,β-unsaturated/α-hetero) is 2. The number of fused-ring (bicyclic) bond motifs is 8. The lowest BCUT2D eigenvalue weighted by Gasteiger charge is -2.57. The number of hydrogen-bond acceptors (Lipinski definition) is 5. The number of carbonyl (C=O) groups is 2. The molecule has 166 valence electrons. The molecule has 6 bridgehead atoms. The fourth-order valence-electron chi connectivity index (χ4n) is 9.30. The summed E-state index contributed by atoms with van der Waals surface area (Å²) < 4.78 is 11.8. The van der Waals surface area contributed by atoms with Gasteiger partial charge >= 0.3 is 0 Å². The fraction of sp³-hybridized carbons (Fsp3) is 0.630. The molecule has 7 fully saturated rings. The van der Waals surface area contributed by atoms with Gasteiger partial charge in [-0.2, -0.15) is 0 Å². The van der Waals surface area contributed by atoms with Gasteiger partial charge in [0.25, 0.3) is 0 Å². The molecule has 5 nitrogen and oxygen atoms in total. The molecule has 8 aliphatic rings. The number of ketones is 2. The van der Waals surface area contributed by atoms with Gasteiger partial charge in [0.2, 0.25) is 6.29 Å². The van der Waals surface area contributed by atoms with Crippen LogP contribution in [0, 0.1) is 35.0 Å². The molecule has 0 radical (unpaired) electrons. The highest BCUT2D eigenvalue weighted by Crippen LogP contribution is 2.62. The number of rotatable bonds is 2. The molecule has 1 aromatic carbocycles. The van der Waals surface area contributed by atoms with E-state index in [2.05, 4.69) is 35.3 Å². The summed E-state index contributed by atoms with van der Waals surface area (Å²) in [5.74, 6) is 2.24. The van der Waals surface area contributed by atoms with Crippen LogP contribution >= 0.6 is 0 Å². The molecular formula is C27H29NO4. The summed E-state index contributed by atoms with van der Waals surface area (Å²) in [7, 11) is 0. The molecule has 4 saturated carbocycles. The molecule has 0 aromatic heterocycles. The van der Waals surface area contributed by atoms with E-state index in [9.17, 15) is 9.59 Å². The van der Waals surface area contributed by atoms with Crippen LogP contribution in [0.2, 0.25) is 0 Å². The van der Waals surface area contributed by atoms with Crippen LogP contribution in [0.3, 0.4) is 0 Å². The Morgan fingerprint density at radius 3 is 2.50 bits per heavy atom. The molecule has 32 heavy (non-hydrogen) atoms. The molecule has 4 aliphatic carbocycles. The van der Waals surface area contributed by atoms with E-state index in [1.165, 1.54) is 19.3 Å². The lowest BCUT2D eigenvalue weighted by molar-refractivity contribution is -0.166. The second-order valence-corrected chi connectivity index (χ2v) is 11.7. The standard InChI is InChI=1S/C27H29NO4/c29-24-21-19-6-5-17-3-1-2-4-18(17)28(19)23(22(21)20-13-31-26(24)32-20)25(30)27-10-14-7-15(11-27)9-16(8-14)12-27/h1-6,14-16,19-23,26H,7-13H2/t14?,15?,16?,19-,20+,21-,22-,23-,26-,27?/m1/s1. The second-order valence-electron chi connectivity index (χ2n) is 11.7. The molecule has 5 heteroatoms. The van der Waals surface area contributed by atoms with Gasteiger partial charge in [-0.3, -0.25) is 9.59 Å². The van der Waals surface area contributed by atoms with Gasteiger partial charge in [0.1, 0.15) is 0 Å². The number of carbonyl (C=O) groups excluding carboxylic acids is 2. The van der Waals surface area contributed by atoms with Crippen molar-refractivity contribution in [1.82, 2.24) is 0 Å². The lowest BCUT2D eigenvalue weighted by Crippen LogP contribution is -2.58. The van der Waals surface area contributed by atoms with Crippen LogP contribution in [-0.2, 0) is 19.1 Å². The average molecular weight is 432 g/mol. The first-order valence-corrected chi connectivity index (χ1v) is 12.5. The van der Waals surface area contributed by atoms with Gasteiger partial charge in [0.15, 0.2) is 11.6 Å². The Morgan fingerprint density at radius 2 is 1.75 bits per heavy atom. The van der Waals surface area contributed by atoms with E-state index < -0.39 is 6.29 Å². The Labute approximate surface area is 188 Å². The normalized spacial score (nSPS) is 49.2. The number of para-hydroxylation sites is 1. The van der Waals surface area contributed by atoms with E-state index in [0.29, 0.717) is 12.4 Å². The number of ether oxygens (including phenoxy) is 2. The average Bonchev–Trinajstić information content (AvgIpc) is 3.37.